The van der Waals surface area contributed by atoms with Crippen molar-refractivity contribution in [2.45, 2.75) is 25.4 Å². The fourth-order valence-electron chi connectivity index (χ4n) is 3.64. The Morgan fingerprint density at radius 3 is 2.44 bits per heavy atom. The average Bonchev–Trinajstić information content (AvgIpc) is 3.12. The van der Waals surface area contributed by atoms with Gasteiger partial charge in [0.15, 0.2) is 0 Å². The molecule has 1 aliphatic rings. The number of aryl methyl sites for hydroxylation is 1. The summed E-state index contributed by atoms with van der Waals surface area (Å²) in [6.45, 7) is -0.919. The Morgan fingerprint density at radius 1 is 1.11 bits per heavy atom. The lowest BCUT2D eigenvalue weighted by Crippen LogP contribution is -2.30. The van der Waals surface area contributed by atoms with E-state index in [0.717, 1.165) is 5.56 Å². The van der Waals surface area contributed by atoms with Crippen LogP contribution in [0.5, 0.6) is 5.75 Å². The lowest BCUT2D eigenvalue weighted by molar-refractivity contribution is -0.130. The van der Waals surface area contributed by atoms with Crippen molar-refractivity contribution < 1.29 is 18.3 Å². The van der Waals surface area contributed by atoms with Crippen LogP contribution in [0.3, 0.4) is 0 Å². The van der Waals surface area contributed by atoms with Gasteiger partial charge in [-0.25, -0.2) is 0 Å². The number of carbonyl (C=O) groups is 1. The van der Waals surface area contributed by atoms with Crippen molar-refractivity contribution in [1.82, 2.24) is 4.90 Å². The summed E-state index contributed by atoms with van der Waals surface area (Å²) in [7, 11) is 0. The predicted octanol–water partition coefficient (Wildman–Crippen LogP) is 3.42. The molecule has 1 heterocycles. The number of alkyl halides is 2. The summed E-state index contributed by atoms with van der Waals surface area (Å²) >= 11 is 0. The number of carbonyl (C=O) groups excluding carboxylic acids is 1. The summed E-state index contributed by atoms with van der Waals surface area (Å²) in [5.74, 6) is 0.754. The van der Waals surface area contributed by atoms with Crippen LogP contribution in [0.4, 0.5) is 8.78 Å². The molecule has 4 nitrogen and oxygen atoms in total. The third-order valence-corrected chi connectivity index (χ3v) is 5.10. The number of ether oxygens (including phenoxy) is 1. The highest BCUT2D eigenvalue weighted by Crippen LogP contribution is 2.32. The molecule has 1 saturated heterocycles. The highest BCUT2D eigenvalue weighted by atomic mass is 19.3. The van der Waals surface area contributed by atoms with Crippen molar-refractivity contribution in [3.05, 3.63) is 65.7 Å². The quantitative estimate of drug-likeness (QED) is 0.808. The van der Waals surface area contributed by atoms with Crippen molar-refractivity contribution in [3.8, 4) is 5.75 Å². The molecular formula is C21H24F2N2O2. The number of halogens is 2. The second-order valence-electron chi connectivity index (χ2n) is 6.83. The maximum atomic E-state index is 12.6. The maximum absolute atomic E-state index is 12.6. The minimum atomic E-state index is -2.83. The first kappa shape index (κ1) is 19.3. The standard InChI is InChI=1S/C21H24F2N2O2/c22-21(23)27-18-9-6-15(7-10-18)8-11-20(26)25-13-17(12-24)19(14-25)16-4-2-1-3-5-16/h1-7,9-10,17,19,21H,8,11-14,24H2/t17-,19+/m1/s1. The zero-order valence-electron chi connectivity index (χ0n) is 15.1. The summed E-state index contributed by atoms with van der Waals surface area (Å²) in [6, 6.07) is 16.6. The van der Waals surface area contributed by atoms with Gasteiger partial charge in [0.2, 0.25) is 5.91 Å². The van der Waals surface area contributed by atoms with Crippen molar-refractivity contribution >= 4 is 5.91 Å². The van der Waals surface area contributed by atoms with E-state index < -0.39 is 6.61 Å². The van der Waals surface area contributed by atoms with Crippen LogP contribution in [0.15, 0.2) is 54.6 Å². The molecule has 2 aromatic rings. The van der Waals surface area contributed by atoms with Gasteiger partial charge in [-0.3, -0.25) is 4.79 Å². The first-order valence-corrected chi connectivity index (χ1v) is 9.13. The lowest BCUT2D eigenvalue weighted by Gasteiger charge is -2.17. The molecule has 1 aliphatic heterocycles. The van der Waals surface area contributed by atoms with Crippen molar-refractivity contribution in [3.63, 3.8) is 0 Å². The molecule has 2 aromatic carbocycles. The Bertz CT molecular complexity index is 738. The first-order chi connectivity index (χ1) is 13.1. The van der Waals surface area contributed by atoms with E-state index in [2.05, 4.69) is 16.9 Å². The molecule has 1 amide bonds. The summed E-state index contributed by atoms with van der Waals surface area (Å²) in [5, 5.41) is 0. The molecular weight excluding hydrogens is 350 g/mol. The second-order valence-corrected chi connectivity index (χ2v) is 6.83. The third-order valence-electron chi connectivity index (χ3n) is 5.10. The van der Waals surface area contributed by atoms with Crippen LogP contribution in [0.1, 0.15) is 23.5 Å². The van der Waals surface area contributed by atoms with Crippen molar-refractivity contribution in [1.29, 1.82) is 0 Å². The van der Waals surface area contributed by atoms with Gasteiger partial charge in [-0.05, 0) is 42.1 Å². The fourth-order valence-corrected chi connectivity index (χ4v) is 3.64. The molecule has 27 heavy (non-hydrogen) atoms. The van der Waals surface area contributed by atoms with Gasteiger partial charge >= 0.3 is 6.61 Å². The highest BCUT2D eigenvalue weighted by molar-refractivity contribution is 5.77. The van der Waals surface area contributed by atoms with Gasteiger partial charge in [-0.2, -0.15) is 8.78 Å². The Morgan fingerprint density at radius 2 is 1.81 bits per heavy atom. The lowest BCUT2D eigenvalue weighted by atomic mass is 9.89. The van der Waals surface area contributed by atoms with E-state index in [1.165, 1.54) is 17.7 Å². The van der Waals surface area contributed by atoms with E-state index in [0.29, 0.717) is 32.5 Å². The van der Waals surface area contributed by atoms with Crippen LogP contribution in [0, 0.1) is 5.92 Å². The van der Waals surface area contributed by atoms with Gasteiger partial charge in [0.05, 0.1) is 0 Å². The smallest absolute Gasteiger partial charge is 0.387 e. The Hall–Kier alpha value is -2.47. The van der Waals surface area contributed by atoms with E-state index in [-0.39, 0.29) is 23.5 Å². The van der Waals surface area contributed by atoms with Crippen LogP contribution in [0.2, 0.25) is 0 Å². The molecule has 3 rings (SSSR count). The van der Waals surface area contributed by atoms with E-state index in [4.69, 9.17) is 5.73 Å². The summed E-state index contributed by atoms with van der Waals surface area (Å²) in [6.07, 6.45) is 0.946. The Balaban J connectivity index is 1.55. The Kier molecular flexibility index (Phi) is 6.40. The van der Waals surface area contributed by atoms with Crippen LogP contribution < -0.4 is 10.5 Å². The van der Waals surface area contributed by atoms with Crippen LogP contribution in [-0.4, -0.2) is 37.1 Å². The molecule has 1 fully saturated rings. The van der Waals surface area contributed by atoms with Crippen LogP contribution >= 0.6 is 0 Å². The molecule has 144 valence electrons. The topological polar surface area (TPSA) is 55.6 Å². The normalized spacial score (nSPS) is 19.5. The zero-order chi connectivity index (χ0) is 19.2. The summed E-state index contributed by atoms with van der Waals surface area (Å²) in [5.41, 5.74) is 8.07. The van der Waals surface area contributed by atoms with Crippen molar-refractivity contribution in [2.75, 3.05) is 19.6 Å². The summed E-state index contributed by atoms with van der Waals surface area (Å²) < 4.78 is 28.7. The first-order valence-electron chi connectivity index (χ1n) is 9.13. The number of amides is 1. The Labute approximate surface area is 157 Å². The molecule has 0 spiro atoms. The monoisotopic (exact) mass is 374 g/mol. The van der Waals surface area contributed by atoms with Gasteiger partial charge in [0.1, 0.15) is 5.75 Å². The minimum absolute atomic E-state index is 0.0970. The molecule has 2 atom stereocenters. The molecule has 0 unspecified atom stereocenters. The van der Waals surface area contributed by atoms with E-state index in [1.807, 2.05) is 23.1 Å². The molecule has 2 N–H and O–H groups in total. The number of hydrogen-bond donors (Lipinski definition) is 1. The van der Waals surface area contributed by atoms with Gasteiger partial charge < -0.3 is 15.4 Å². The van der Waals surface area contributed by atoms with Gasteiger partial charge in [0.25, 0.3) is 0 Å². The van der Waals surface area contributed by atoms with E-state index in [9.17, 15) is 13.6 Å². The third kappa shape index (κ3) is 5.04. The number of rotatable bonds is 7. The minimum Gasteiger partial charge on any atom is -0.435 e. The summed E-state index contributed by atoms with van der Waals surface area (Å²) in [4.78, 5) is 14.5. The van der Waals surface area contributed by atoms with Gasteiger partial charge in [-0.15, -0.1) is 0 Å². The molecule has 0 aromatic heterocycles. The number of nitrogens with two attached hydrogens (primary N) is 1. The highest BCUT2D eigenvalue weighted by Gasteiger charge is 2.34. The molecule has 0 saturated carbocycles. The predicted molar refractivity (Wildman–Crippen MR) is 99.7 cm³/mol. The largest absolute Gasteiger partial charge is 0.435 e. The zero-order valence-corrected chi connectivity index (χ0v) is 15.1. The SMILES string of the molecule is NC[C@@H]1CN(C(=O)CCc2ccc(OC(F)F)cc2)C[C@H]1c1ccccc1. The van der Waals surface area contributed by atoms with Gasteiger partial charge in [0, 0.05) is 25.4 Å². The number of hydrogen-bond acceptors (Lipinski definition) is 3. The number of likely N-dealkylation sites (tertiary alicyclic amines) is 1. The molecule has 0 aliphatic carbocycles. The fraction of sp³-hybridized carbons (Fsp3) is 0.381. The number of nitrogens with zero attached hydrogens (tertiary/aromatic N) is 1. The van der Waals surface area contributed by atoms with Crippen molar-refractivity contribution in [2.24, 2.45) is 11.7 Å². The van der Waals surface area contributed by atoms with Gasteiger partial charge in [-0.1, -0.05) is 42.5 Å². The maximum Gasteiger partial charge on any atom is 0.387 e. The molecule has 0 bridgehead atoms. The van der Waals surface area contributed by atoms with E-state index >= 15 is 0 Å². The second kappa shape index (κ2) is 8.95. The molecule has 0 radical (unpaired) electrons. The van der Waals surface area contributed by atoms with Crippen LogP contribution in [-0.2, 0) is 11.2 Å². The van der Waals surface area contributed by atoms with Crippen LogP contribution in [0.25, 0.3) is 0 Å². The average molecular weight is 374 g/mol. The number of benzene rings is 2. The van der Waals surface area contributed by atoms with E-state index in [1.54, 1.807) is 12.1 Å². The molecule has 6 heteroatoms.